The zero-order valence-corrected chi connectivity index (χ0v) is 14.3. The van der Waals surface area contributed by atoms with Crippen molar-refractivity contribution in [2.24, 2.45) is 0 Å². The summed E-state index contributed by atoms with van der Waals surface area (Å²) in [6.45, 7) is 6.99. The molecule has 0 aliphatic heterocycles. The number of esters is 1. The van der Waals surface area contributed by atoms with Crippen molar-refractivity contribution in [3.05, 3.63) is 48.2 Å². The first-order valence-corrected chi connectivity index (χ1v) is 10.3. The van der Waals surface area contributed by atoms with E-state index >= 15 is 0 Å². The van der Waals surface area contributed by atoms with Gasteiger partial charge in [-0.1, -0.05) is 39.0 Å². The molecule has 1 aromatic carbocycles. The fourth-order valence-corrected chi connectivity index (χ4v) is 4.52. The van der Waals surface area contributed by atoms with Crippen molar-refractivity contribution in [2.45, 2.75) is 45.3 Å². The van der Waals surface area contributed by atoms with Gasteiger partial charge < -0.3 is 9.16 Å². The normalized spacial score (nSPS) is 11.6. The van der Waals surface area contributed by atoms with Crippen LogP contribution in [0, 0.1) is 0 Å². The Kier molecular flexibility index (Phi) is 7.83. The quantitative estimate of drug-likeness (QED) is 0.285. The van der Waals surface area contributed by atoms with Crippen LogP contribution in [-0.4, -0.2) is 20.9 Å². The third-order valence-electron chi connectivity index (χ3n) is 3.87. The Morgan fingerprint density at radius 3 is 2.29 bits per heavy atom. The third-order valence-corrected chi connectivity index (χ3v) is 8.38. The molecule has 1 rings (SSSR count). The van der Waals surface area contributed by atoms with Crippen LogP contribution in [0.2, 0.25) is 18.1 Å². The van der Waals surface area contributed by atoms with Gasteiger partial charge in [-0.25, -0.2) is 4.79 Å². The average Bonchev–Trinajstić information content (AvgIpc) is 2.55. The molecule has 0 aromatic heterocycles. The molecule has 0 atom stereocenters. The van der Waals surface area contributed by atoms with Crippen LogP contribution in [0.1, 0.15) is 37.6 Å². The lowest BCUT2D eigenvalue weighted by Gasteiger charge is -2.26. The molecule has 3 nitrogen and oxygen atoms in total. The zero-order valence-electron chi connectivity index (χ0n) is 13.3. The molecule has 4 heteroatoms. The lowest BCUT2D eigenvalue weighted by molar-refractivity contribution is 0.0511. The second kappa shape index (κ2) is 9.40. The molecule has 0 N–H and O–H groups in total. The minimum atomic E-state index is -1.55. The molecule has 0 bridgehead atoms. The molecule has 0 aliphatic carbocycles. The SMILES string of the molecule is CC[Si](CC)(CC)O/C=C\CCOC(=O)c1ccccc1. The Hall–Kier alpha value is -1.55. The Bertz CT molecular complexity index is 430. The predicted octanol–water partition coefficient (Wildman–Crippen LogP) is 4.77. The van der Waals surface area contributed by atoms with Gasteiger partial charge in [-0.05, 0) is 36.3 Å². The summed E-state index contributed by atoms with van der Waals surface area (Å²) in [5.41, 5.74) is 0.590. The number of benzene rings is 1. The van der Waals surface area contributed by atoms with Gasteiger partial charge in [0.25, 0.3) is 0 Å². The summed E-state index contributed by atoms with van der Waals surface area (Å²) >= 11 is 0. The summed E-state index contributed by atoms with van der Waals surface area (Å²) in [6, 6.07) is 12.4. The first-order valence-electron chi connectivity index (χ1n) is 7.72. The first kappa shape index (κ1) is 17.5. The Balaban J connectivity index is 2.28. The van der Waals surface area contributed by atoms with Gasteiger partial charge >= 0.3 is 5.97 Å². The van der Waals surface area contributed by atoms with E-state index in [0.29, 0.717) is 18.6 Å². The van der Waals surface area contributed by atoms with E-state index in [4.69, 9.17) is 9.16 Å². The molecule has 0 aliphatic rings. The number of carbonyl (C=O) groups excluding carboxylic acids is 1. The molecule has 1 aromatic rings. The molecule has 0 saturated heterocycles. The number of carbonyl (C=O) groups is 1. The second-order valence-corrected chi connectivity index (χ2v) is 9.75. The Morgan fingerprint density at radius 2 is 1.71 bits per heavy atom. The van der Waals surface area contributed by atoms with Crippen LogP contribution in [0.15, 0.2) is 42.7 Å². The molecular formula is C17H26O3Si. The summed E-state index contributed by atoms with van der Waals surface area (Å²) in [5.74, 6) is -0.274. The van der Waals surface area contributed by atoms with Crippen LogP contribution in [0.5, 0.6) is 0 Å². The number of rotatable bonds is 9. The highest BCUT2D eigenvalue weighted by Gasteiger charge is 2.28. The highest BCUT2D eigenvalue weighted by Crippen LogP contribution is 2.21. The van der Waals surface area contributed by atoms with Crippen molar-refractivity contribution in [1.82, 2.24) is 0 Å². The van der Waals surface area contributed by atoms with Crippen LogP contribution in [0.4, 0.5) is 0 Å². The van der Waals surface area contributed by atoms with E-state index in [1.807, 2.05) is 24.3 Å². The van der Waals surface area contributed by atoms with Crippen molar-refractivity contribution in [2.75, 3.05) is 6.61 Å². The molecule has 0 amide bonds. The van der Waals surface area contributed by atoms with Crippen LogP contribution in [0.3, 0.4) is 0 Å². The van der Waals surface area contributed by atoms with Crippen molar-refractivity contribution in [3.63, 3.8) is 0 Å². The van der Waals surface area contributed by atoms with E-state index in [1.165, 1.54) is 0 Å². The van der Waals surface area contributed by atoms with Crippen molar-refractivity contribution >= 4 is 14.3 Å². The zero-order chi connectivity index (χ0) is 15.6. The maximum absolute atomic E-state index is 11.7. The predicted molar refractivity (Wildman–Crippen MR) is 88.8 cm³/mol. The molecule has 0 heterocycles. The molecule has 0 saturated carbocycles. The highest BCUT2D eigenvalue weighted by atomic mass is 28.4. The van der Waals surface area contributed by atoms with Gasteiger partial charge in [0.2, 0.25) is 8.32 Å². The fraction of sp³-hybridized carbons (Fsp3) is 0.471. The average molecular weight is 306 g/mol. The van der Waals surface area contributed by atoms with Gasteiger partial charge in [0.05, 0.1) is 18.4 Å². The van der Waals surface area contributed by atoms with E-state index in [0.717, 1.165) is 18.1 Å². The van der Waals surface area contributed by atoms with E-state index in [-0.39, 0.29) is 5.97 Å². The fourth-order valence-electron chi connectivity index (χ4n) is 2.14. The van der Waals surface area contributed by atoms with E-state index in [1.54, 1.807) is 18.4 Å². The van der Waals surface area contributed by atoms with Crippen LogP contribution >= 0.6 is 0 Å². The Labute approximate surface area is 129 Å². The van der Waals surface area contributed by atoms with Crippen LogP contribution < -0.4 is 0 Å². The monoisotopic (exact) mass is 306 g/mol. The van der Waals surface area contributed by atoms with Gasteiger partial charge in [-0.3, -0.25) is 0 Å². The van der Waals surface area contributed by atoms with Crippen LogP contribution in [0.25, 0.3) is 0 Å². The lowest BCUT2D eigenvalue weighted by atomic mass is 10.2. The molecule has 21 heavy (non-hydrogen) atoms. The first-order chi connectivity index (χ1) is 10.2. The lowest BCUT2D eigenvalue weighted by Crippen LogP contribution is -2.33. The summed E-state index contributed by atoms with van der Waals surface area (Å²) in [7, 11) is -1.55. The van der Waals surface area contributed by atoms with Crippen molar-refractivity contribution < 1.29 is 14.0 Å². The van der Waals surface area contributed by atoms with E-state index in [9.17, 15) is 4.79 Å². The molecule has 0 unspecified atom stereocenters. The summed E-state index contributed by atoms with van der Waals surface area (Å²) in [5, 5.41) is 0. The maximum atomic E-state index is 11.7. The third kappa shape index (κ3) is 5.75. The smallest absolute Gasteiger partial charge is 0.338 e. The van der Waals surface area contributed by atoms with Gasteiger partial charge in [0, 0.05) is 6.42 Å². The number of ether oxygens (including phenoxy) is 1. The molecule has 116 valence electrons. The van der Waals surface area contributed by atoms with E-state index in [2.05, 4.69) is 20.8 Å². The topological polar surface area (TPSA) is 35.5 Å². The highest BCUT2D eigenvalue weighted by molar-refractivity contribution is 6.73. The number of hydrogen-bond donors (Lipinski definition) is 0. The second-order valence-electron chi connectivity index (χ2n) is 5.02. The maximum Gasteiger partial charge on any atom is 0.338 e. The standard InChI is InChI=1S/C17H26O3Si/c1-4-21(5-2,6-3)20-15-11-10-14-19-17(18)16-12-8-7-9-13-16/h7-9,11-13,15H,4-6,10,14H2,1-3H3/b15-11-. The van der Waals surface area contributed by atoms with Gasteiger partial charge in [0.1, 0.15) is 0 Å². The Morgan fingerprint density at radius 1 is 1.10 bits per heavy atom. The number of hydrogen-bond acceptors (Lipinski definition) is 3. The largest absolute Gasteiger partial charge is 0.549 e. The molecular weight excluding hydrogens is 280 g/mol. The minimum Gasteiger partial charge on any atom is -0.549 e. The summed E-state index contributed by atoms with van der Waals surface area (Å²) in [6.07, 6.45) is 4.43. The molecule has 0 radical (unpaired) electrons. The van der Waals surface area contributed by atoms with Crippen molar-refractivity contribution in [1.29, 1.82) is 0 Å². The molecule has 0 spiro atoms. The van der Waals surface area contributed by atoms with E-state index < -0.39 is 8.32 Å². The summed E-state index contributed by atoms with van der Waals surface area (Å²) in [4.78, 5) is 11.7. The summed E-state index contributed by atoms with van der Waals surface area (Å²) < 4.78 is 11.2. The van der Waals surface area contributed by atoms with Gasteiger partial charge in [-0.15, -0.1) is 0 Å². The van der Waals surface area contributed by atoms with Gasteiger partial charge in [0.15, 0.2) is 0 Å². The molecule has 0 fully saturated rings. The minimum absolute atomic E-state index is 0.274. The van der Waals surface area contributed by atoms with Crippen LogP contribution in [-0.2, 0) is 9.16 Å². The van der Waals surface area contributed by atoms with Gasteiger partial charge in [-0.2, -0.15) is 0 Å². The van der Waals surface area contributed by atoms with Crippen molar-refractivity contribution in [3.8, 4) is 0 Å².